The molecule has 2 aromatic rings. The van der Waals surface area contributed by atoms with Gasteiger partial charge in [0.15, 0.2) is 6.61 Å². The van der Waals surface area contributed by atoms with Crippen LogP contribution in [0.5, 0.6) is 5.75 Å². The fourth-order valence-corrected chi connectivity index (χ4v) is 3.48. The molecule has 5 heteroatoms. The normalized spacial score (nSPS) is 12.7. The molecule has 0 unspecified atom stereocenters. The molecule has 0 fully saturated rings. The van der Waals surface area contributed by atoms with Crippen LogP contribution in [-0.2, 0) is 21.4 Å². The van der Waals surface area contributed by atoms with Crippen LogP contribution in [0.3, 0.4) is 0 Å². The van der Waals surface area contributed by atoms with E-state index in [0.29, 0.717) is 18.7 Å². The van der Waals surface area contributed by atoms with E-state index in [1.54, 1.807) is 11.8 Å². The molecule has 1 N–H and O–H groups in total. The Bertz CT molecular complexity index is 895. The molecule has 0 spiro atoms. The maximum atomic E-state index is 13.2. The molecule has 0 aliphatic rings. The third-order valence-corrected chi connectivity index (χ3v) is 5.20. The van der Waals surface area contributed by atoms with Crippen molar-refractivity contribution in [2.24, 2.45) is 0 Å². The van der Waals surface area contributed by atoms with Crippen molar-refractivity contribution in [1.29, 1.82) is 0 Å². The first-order valence-corrected chi connectivity index (χ1v) is 11.3. The van der Waals surface area contributed by atoms with Crippen molar-refractivity contribution in [1.82, 2.24) is 10.2 Å². The van der Waals surface area contributed by atoms with E-state index in [1.807, 2.05) is 75.4 Å². The summed E-state index contributed by atoms with van der Waals surface area (Å²) in [5, 5.41) is 2.98. The van der Waals surface area contributed by atoms with Gasteiger partial charge in [0.1, 0.15) is 11.8 Å². The van der Waals surface area contributed by atoms with Crippen molar-refractivity contribution in [2.45, 2.75) is 71.9 Å². The zero-order valence-corrected chi connectivity index (χ0v) is 20.6. The molecule has 0 saturated carbocycles. The standard InChI is InChI=1S/C27H38N2O3/c1-20(25(31)28-27(5,6)7)29(18-17-21-13-9-8-10-14-21)24(30)19-32-23-16-12-11-15-22(23)26(2,3)4/h8-16,20H,17-19H2,1-7H3,(H,28,31)/t20-/m0/s1. The van der Waals surface area contributed by atoms with Crippen molar-refractivity contribution in [3.63, 3.8) is 0 Å². The fourth-order valence-electron chi connectivity index (χ4n) is 3.48. The van der Waals surface area contributed by atoms with Gasteiger partial charge in [-0.1, -0.05) is 69.3 Å². The predicted molar refractivity (Wildman–Crippen MR) is 130 cm³/mol. The molecular weight excluding hydrogens is 400 g/mol. The van der Waals surface area contributed by atoms with Crippen molar-refractivity contribution < 1.29 is 14.3 Å². The van der Waals surface area contributed by atoms with E-state index in [9.17, 15) is 9.59 Å². The van der Waals surface area contributed by atoms with E-state index < -0.39 is 6.04 Å². The largest absolute Gasteiger partial charge is 0.483 e. The Balaban J connectivity index is 2.17. The number of carbonyl (C=O) groups excluding carboxylic acids is 2. The van der Waals surface area contributed by atoms with E-state index >= 15 is 0 Å². The second-order valence-electron chi connectivity index (χ2n) is 10.3. The topological polar surface area (TPSA) is 58.6 Å². The molecular formula is C27H38N2O3. The lowest BCUT2D eigenvalue weighted by atomic mass is 9.86. The molecule has 1 atom stereocenters. The number of hydrogen-bond donors (Lipinski definition) is 1. The Morgan fingerprint density at radius 2 is 1.53 bits per heavy atom. The van der Waals surface area contributed by atoms with E-state index in [0.717, 1.165) is 11.1 Å². The fraction of sp³-hybridized carbons (Fsp3) is 0.481. The van der Waals surface area contributed by atoms with E-state index in [2.05, 4.69) is 26.1 Å². The lowest BCUT2D eigenvalue weighted by Gasteiger charge is -2.31. The first kappa shape index (κ1) is 25.4. The quantitative estimate of drug-likeness (QED) is 0.648. The lowest BCUT2D eigenvalue weighted by Crippen LogP contribution is -2.53. The van der Waals surface area contributed by atoms with Crippen LogP contribution in [0, 0.1) is 0 Å². The van der Waals surface area contributed by atoms with Gasteiger partial charge in [-0.15, -0.1) is 0 Å². The number of benzene rings is 2. The minimum atomic E-state index is -0.605. The minimum absolute atomic E-state index is 0.105. The van der Waals surface area contributed by atoms with Crippen LogP contribution in [0.15, 0.2) is 54.6 Å². The summed E-state index contributed by atoms with van der Waals surface area (Å²) < 4.78 is 5.97. The zero-order chi connectivity index (χ0) is 23.9. The first-order chi connectivity index (χ1) is 14.9. The van der Waals surface area contributed by atoms with Gasteiger partial charge in [-0.3, -0.25) is 9.59 Å². The molecule has 2 amide bonds. The number of rotatable bonds is 8. The molecule has 174 valence electrons. The van der Waals surface area contributed by atoms with Crippen LogP contribution >= 0.6 is 0 Å². The van der Waals surface area contributed by atoms with Gasteiger partial charge in [-0.25, -0.2) is 0 Å². The maximum Gasteiger partial charge on any atom is 0.261 e. The van der Waals surface area contributed by atoms with Gasteiger partial charge in [0, 0.05) is 12.1 Å². The zero-order valence-electron chi connectivity index (χ0n) is 20.6. The summed E-state index contributed by atoms with van der Waals surface area (Å²) >= 11 is 0. The molecule has 0 bridgehead atoms. The molecule has 5 nitrogen and oxygen atoms in total. The summed E-state index contributed by atoms with van der Waals surface area (Å²) in [6, 6.07) is 17.1. The highest BCUT2D eigenvalue weighted by Crippen LogP contribution is 2.31. The predicted octanol–water partition coefficient (Wildman–Crippen LogP) is 4.74. The van der Waals surface area contributed by atoms with Crippen molar-refractivity contribution >= 4 is 11.8 Å². The number of ether oxygens (including phenoxy) is 1. The summed E-state index contributed by atoms with van der Waals surface area (Å²) in [6.07, 6.45) is 0.665. The van der Waals surface area contributed by atoms with Gasteiger partial charge >= 0.3 is 0 Å². The van der Waals surface area contributed by atoms with Crippen molar-refractivity contribution in [3.8, 4) is 5.75 Å². The van der Waals surface area contributed by atoms with Crippen molar-refractivity contribution in [2.75, 3.05) is 13.2 Å². The summed E-state index contributed by atoms with van der Waals surface area (Å²) in [5.41, 5.74) is 1.68. The number of carbonyl (C=O) groups is 2. The average Bonchev–Trinajstić information content (AvgIpc) is 2.71. The van der Waals surface area contributed by atoms with Crippen LogP contribution in [0.2, 0.25) is 0 Å². The van der Waals surface area contributed by atoms with E-state index in [4.69, 9.17) is 4.74 Å². The second-order valence-corrected chi connectivity index (χ2v) is 10.3. The van der Waals surface area contributed by atoms with Crippen molar-refractivity contribution in [3.05, 3.63) is 65.7 Å². The molecule has 0 aliphatic heterocycles. The average molecular weight is 439 g/mol. The molecule has 32 heavy (non-hydrogen) atoms. The van der Waals surface area contributed by atoms with Gasteiger partial charge in [0.05, 0.1) is 0 Å². The summed E-state index contributed by atoms with van der Waals surface area (Å²) in [4.78, 5) is 27.7. The monoisotopic (exact) mass is 438 g/mol. The Hall–Kier alpha value is -2.82. The Morgan fingerprint density at radius 3 is 2.12 bits per heavy atom. The first-order valence-electron chi connectivity index (χ1n) is 11.3. The maximum absolute atomic E-state index is 13.2. The molecule has 0 aliphatic carbocycles. The highest BCUT2D eigenvalue weighted by Gasteiger charge is 2.28. The molecule has 0 aromatic heterocycles. The van der Waals surface area contributed by atoms with Gasteiger partial charge in [-0.2, -0.15) is 0 Å². The number of para-hydroxylation sites is 1. The molecule has 2 rings (SSSR count). The molecule has 0 radical (unpaired) electrons. The van der Waals surface area contributed by atoms with E-state index in [-0.39, 0.29) is 29.4 Å². The van der Waals surface area contributed by atoms with Gasteiger partial charge in [-0.05, 0) is 56.7 Å². The number of nitrogens with zero attached hydrogens (tertiary/aromatic N) is 1. The van der Waals surface area contributed by atoms with Gasteiger partial charge in [0.25, 0.3) is 5.91 Å². The molecule has 0 heterocycles. The summed E-state index contributed by atoms with van der Waals surface area (Å²) in [5.74, 6) is 0.318. The number of amides is 2. The Morgan fingerprint density at radius 1 is 0.938 bits per heavy atom. The van der Waals surface area contributed by atoms with Gasteiger partial charge < -0.3 is 15.0 Å². The van der Waals surface area contributed by atoms with Crippen LogP contribution in [0.1, 0.15) is 59.6 Å². The summed E-state index contributed by atoms with van der Waals surface area (Å²) in [7, 11) is 0. The smallest absolute Gasteiger partial charge is 0.261 e. The third kappa shape index (κ3) is 7.70. The lowest BCUT2D eigenvalue weighted by molar-refractivity contribution is -0.142. The Kier molecular flexibility index (Phi) is 8.48. The molecule has 0 saturated heterocycles. The number of nitrogens with one attached hydrogen (secondary N) is 1. The van der Waals surface area contributed by atoms with Crippen LogP contribution in [0.25, 0.3) is 0 Å². The third-order valence-electron chi connectivity index (χ3n) is 5.20. The highest BCUT2D eigenvalue weighted by atomic mass is 16.5. The molecule has 2 aromatic carbocycles. The highest BCUT2D eigenvalue weighted by molar-refractivity contribution is 5.88. The SMILES string of the molecule is C[C@@H](C(=O)NC(C)(C)C)N(CCc1ccccc1)C(=O)COc1ccccc1C(C)(C)C. The summed E-state index contributed by atoms with van der Waals surface area (Å²) in [6.45, 7) is 14.2. The Labute approximate surface area is 193 Å². The number of hydrogen-bond acceptors (Lipinski definition) is 3. The second kappa shape index (κ2) is 10.7. The van der Waals surface area contributed by atoms with Crippen LogP contribution in [0.4, 0.5) is 0 Å². The van der Waals surface area contributed by atoms with Gasteiger partial charge in [0.2, 0.25) is 5.91 Å². The van der Waals surface area contributed by atoms with Crippen LogP contribution < -0.4 is 10.1 Å². The minimum Gasteiger partial charge on any atom is -0.483 e. The van der Waals surface area contributed by atoms with Crippen LogP contribution in [-0.4, -0.2) is 41.4 Å². The van der Waals surface area contributed by atoms with E-state index in [1.165, 1.54) is 0 Å².